The van der Waals surface area contributed by atoms with E-state index in [9.17, 15) is 4.21 Å². The van der Waals surface area contributed by atoms with E-state index in [1.165, 1.54) is 5.56 Å². The highest BCUT2D eigenvalue weighted by Gasteiger charge is 2.11. The highest BCUT2D eigenvalue weighted by molar-refractivity contribution is 7.85. The molecule has 2 aromatic carbocycles. The Hall–Kier alpha value is -1.45. The van der Waals surface area contributed by atoms with Crippen LogP contribution in [0.15, 0.2) is 59.5 Å². The van der Waals surface area contributed by atoms with Gasteiger partial charge in [0.05, 0.1) is 10.8 Å². The molecule has 0 aliphatic heterocycles. The fourth-order valence-corrected chi connectivity index (χ4v) is 2.90. The second kappa shape index (κ2) is 5.94. The summed E-state index contributed by atoms with van der Waals surface area (Å²) in [6.45, 7) is 2.02. The number of aryl methyl sites for hydroxylation is 1. The molecule has 0 spiro atoms. The fourth-order valence-electron chi connectivity index (χ4n) is 1.75. The quantitative estimate of drug-likeness (QED) is 0.917. The third-order valence-corrected chi connectivity index (χ3v) is 4.30. The van der Waals surface area contributed by atoms with Crippen molar-refractivity contribution in [3.05, 3.63) is 65.7 Å². The molecule has 18 heavy (non-hydrogen) atoms. The van der Waals surface area contributed by atoms with Gasteiger partial charge < -0.3 is 5.73 Å². The number of rotatable bonds is 4. The van der Waals surface area contributed by atoms with Crippen LogP contribution in [0, 0.1) is 6.92 Å². The lowest BCUT2D eigenvalue weighted by Crippen LogP contribution is -2.18. The first-order valence-corrected chi connectivity index (χ1v) is 7.24. The number of hydrogen-bond donors (Lipinski definition) is 1. The molecule has 0 aliphatic carbocycles. The summed E-state index contributed by atoms with van der Waals surface area (Å²) in [5.74, 6) is 0.451. The molecule has 0 aliphatic rings. The van der Waals surface area contributed by atoms with Crippen molar-refractivity contribution in [1.82, 2.24) is 0 Å². The van der Waals surface area contributed by atoms with E-state index in [0.717, 1.165) is 10.5 Å². The smallest absolute Gasteiger partial charge is 0.0548 e. The number of benzene rings is 2. The molecule has 2 N–H and O–H groups in total. The maximum atomic E-state index is 12.2. The molecule has 0 amide bonds. The maximum Gasteiger partial charge on any atom is 0.0548 e. The molecule has 94 valence electrons. The van der Waals surface area contributed by atoms with Crippen LogP contribution in [0.2, 0.25) is 0 Å². The second-order valence-corrected chi connectivity index (χ2v) is 5.84. The molecule has 0 unspecified atom stereocenters. The Kier molecular flexibility index (Phi) is 4.28. The van der Waals surface area contributed by atoms with E-state index in [1.807, 2.05) is 61.5 Å². The Morgan fingerprint density at radius 2 is 1.67 bits per heavy atom. The van der Waals surface area contributed by atoms with Crippen LogP contribution in [0.25, 0.3) is 0 Å². The zero-order valence-electron chi connectivity index (χ0n) is 10.4. The maximum absolute atomic E-state index is 12.2. The summed E-state index contributed by atoms with van der Waals surface area (Å²) in [5.41, 5.74) is 8.27. The Morgan fingerprint density at radius 3 is 2.28 bits per heavy atom. The molecule has 2 rings (SSSR count). The van der Waals surface area contributed by atoms with E-state index < -0.39 is 10.8 Å². The normalized spacial score (nSPS) is 14.1. The van der Waals surface area contributed by atoms with Crippen LogP contribution in [-0.4, -0.2) is 9.96 Å². The predicted octanol–water partition coefficient (Wildman–Crippen LogP) is 2.80. The molecule has 0 aromatic heterocycles. The fraction of sp³-hybridized carbons (Fsp3) is 0.200. The van der Waals surface area contributed by atoms with Crippen molar-refractivity contribution in [2.24, 2.45) is 5.73 Å². The Morgan fingerprint density at radius 1 is 1.06 bits per heavy atom. The topological polar surface area (TPSA) is 43.1 Å². The largest absolute Gasteiger partial charge is 0.323 e. The van der Waals surface area contributed by atoms with Crippen molar-refractivity contribution in [3.8, 4) is 0 Å². The van der Waals surface area contributed by atoms with Crippen molar-refractivity contribution in [3.63, 3.8) is 0 Å². The van der Waals surface area contributed by atoms with E-state index >= 15 is 0 Å². The van der Waals surface area contributed by atoms with Crippen LogP contribution in [0.1, 0.15) is 17.2 Å². The van der Waals surface area contributed by atoms with Gasteiger partial charge in [-0.2, -0.15) is 0 Å². The minimum atomic E-state index is -1.05. The SMILES string of the molecule is Cc1ccc([S@](=O)C[C@H](N)c2ccccc2)cc1. The van der Waals surface area contributed by atoms with Crippen LogP contribution < -0.4 is 5.73 Å². The molecule has 0 saturated carbocycles. The summed E-state index contributed by atoms with van der Waals surface area (Å²) in [7, 11) is -1.05. The van der Waals surface area contributed by atoms with Gasteiger partial charge >= 0.3 is 0 Å². The van der Waals surface area contributed by atoms with Gasteiger partial charge in [-0.25, -0.2) is 0 Å². The molecule has 2 nitrogen and oxygen atoms in total. The van der Waals surface area contributed by atoms with Gasteiger partial charge in [-0.3, -0.25) is 4.21 Å². The molecule has 2 aromatic rings. The second-order valence-electron chi connectivity index (χ2n) is 4.34. The van der Waals surface area contributed by atoms with Crippen LogP contribution in [0.5, 0.6) is 0 Å². The van der Waals surface area contributed by atoms with Crippen LogP contribution >= 0.6 is 0 Å². The zero-order valence-corrected chi connectivity index (χ0v) is 11.2. The van der Waals surface area contributed by atoms with Crippen molar-refractivity contribution in [2.75, 3.05) is 5.75 Å². The van der Waals surface area contributed by atoms with Gasteiger partial charge in [-0.15, -0.1) is 0 Å². The molecule has 0 radical (unpaired) electrons. The lowest BCUT2D eigenvalue weighted by atomic mass is 10.1. The minimum Gasteiger partial charge on any atom is -0.323 e. The molecule has 0 fully saturated rings. The van der Waals surface area contributed by atoms with Crippen molar-refractivity contribution in [2.45, 2.75) is 17.9 Å². The standard InChI is InChI=1S/C15H17NOS/c1-12-7-9-14(10-8-12)18(17)11-15(16)13-5-3-2-4-6-13/h2-10,15H,11,16H2,1H3/t15-,18+/m0/s1. The molecule has 0 heterocycles. The number of nitrogens with two attached hydrogens (primary N) is 1. The molecule has 3 heteroatoms. The first-order valence-electron chi connectivity index (χ1n) is 5.92. The molecule has 0 saturated heterocycles. The molecule has 0 bridgehead atoms. The van der Waals surface area contributed by atoms with Gasteiger partial charge in [0.1, 0.15) is 0 Å². The third kappa shape index (κ3) is 3.28. The third-order valence-electron chi connectivity index (χ3n) is 2.84. The Bertz CT molecular complexity index is 522. The van der Waals surface area contributed by atoms with Gasteiger partial charge in [0, 0.05) is 16.7 Å². The average molecular weight is 259 g/mol. The highest BCUT2D eigenvalue weighted by atomic mass is 32.2. The van der Waals surface area contributed by atoms with Gasteiger partial charge in [-0.1, -0.05) is 48.0 Å². The molecular formula is C15H17NOS. The van der Waals surface area contributed by atoms with Crippen LogP contribution in [0.3, 0.4) is 0 Å². The minimum absolute atomic E-state index is 0.187. The van der Waals surface area contributed by atoms with E-state index in [1.54, 1.807) is 0 Å². The first kappa shape index (κ1) is 13.0. The Labute approximate surface area is 110 Å². The van der Waals surface area contributed by atoms with Crippen molar-refractivity contribution >= 4 is 10.8 Å². The predicted molar refractivity (Wildman–Crippen MR) is 75.8 cm³/mol. The van der Waals surface area contributed by atoms with Crippen molar-refractivity contribution in [1.29, 1.82) is 0 Å². The lowest BCUT2D eigenvalue weighted by molar-refractivity contribution is 0.675. The van der Waals surface area contributed by atoms with Crippen molar-refractivity contribution < 1.29 is 4.21 Å². The molecule has 2 atom stereocenters. The van der Waals surface area contributed by atoms with Gasteiger partial charge in [0.2, 0.25) is 0 Å². The molecular weight excluding hydrogens is 242 g/mol. The van der Waals surface area contributed by atoms with E-state index in [-0.39, 0.29) is 6.04 Å². The highest BCUT2D eigenvalue weighted by Crippen LogP contribution is 2.15. The lowest BCUT2D eigenvalue weighted by Gasteiger charge is -2.11. The van der Waals surface area contributed by atoms with E-state index in [0.29, 0.717) is 5.75 Å². The van der Waals surface area contributed by atoms with Crippen LogP contribution in [-0.2, 0) is 10.8 Å². The number of hydrogen-bond acceptors (Lipinski definition) is 2. The summed E-state index contributed by atoms with van der Waals surface area (Å²) < 4.78 is 12.2. The summed E-state index contributed by atoms with van der Waals surface area (Å²) in [5, 5.41) is 0. The summed E-state index contributed by atoms with van der Waals surface area (Å²) in [4.78, 5) is 0.840. The van der Waals surface area contributed by atoms with Crippen LogP contribution in [0.4, 0.5) is 0 Å². The van der Waals surface area contributed by atoms with Gasteiger partial charge in [0.15, 0.2) is 0 Å². The summed E-state index contributed by atoms with van der Waals surface area (Å²) in [6.07, 6.45) is 0. The van der Waals surface area contributed by atoms with E-state index in [2.05, 4.69) is 0 Å². The summed E-state index contributed by atoms with van der Waals surface area (Å²) >= 11 is 0. The van der Waals surface area contributed by atoms with Gasteiger partial charge in [0.25, 0.3) is 0 Å². The monoisotopic (exact) mass is 259 g/mol. The first-order chi connectivity index (χ1) is 8.66. The average Bonchev–Trinajstić information content (AvgIpc) is 2.40. The zero-order chi connectivity index (χ0) is 13.0. The Balaban J connectivity index is 2.06. The van der Waals surface area contributed by atoms with Gasteiger partial charge in [-0.05, 0) is 24.6 Å². The summed E-state index contributed by atoms with van der Waals surface area (Å²) in [6, 6.07) is 17.4. The van der Waals surface area contributed by atoms with E-state index in [4.69, 9.17) is 5.73 Å².